The van der Waals surface area contributed by atoms with E-state index in [0.717, 1.165) is 28.0 Å². The summed E-state index contributed by atoms with van der Waals surface area (Å²) in [6.07, 6.45) is 0.632. The van der Waals surface area contributed by atoms with Gasteiger partial charge in [0.15, 0.2) is 0 Å². The zero-order chi connectivity index (χ0) is 25.4. The van der Waals surface area contributed by atoms with E-state index in [0.29, 0.717) is 13.0 Å². The summed E-state index contributed by atoms with van der Waals surface area (Å²) in [4.78, 5) is 29.1. The molecule has 2 amide bonds. The third kappa shape index (κ3) is 7.99. The van der Waals surface area contributed by atoms with Gasteiger partial charge >= 0.3 is 0 Å². The molecule has 0 heterocycles. The lowest BCUT2D eigenvalue weighted by Gasteiger charge is -2.34. The maximum atomic E-state index is 13.8. The summed E-state index contributed by atoms with van der Waals surface area (Å²) in [5.41, 5.74) is 3.58. The lowest BCUT2D eigenvalue weighted by molar-refractivity contribution is -0.141. The Kier molecular flexibility index (Phi) is 8.69. The van der Waals surface area contributed by atoms with Gasteiger partial charge in [0.1, 0.15) is 11.8 Å². The first kappa shape index (κ1) is 26.0. The second-order valence-electron chi connectivity index (χ2n) is 9.98. The van der Waals surface area contributed by atoms with Gasteiger partial charge in [-0.3, -0.25) is 9.59 Å². The number of carbonyl (C=O) groups excluding carboxylic acids is 2. The smallest absolute Gasteiger partial charge is 0.243 e. The van der Waals surface area contributed by atoms with Crippen LogP contribution in [0.15, 0.2) is 78.9 Å². The summed E-state index contributed by atoms with van der Waals surface area (Å²) in [7, 11) is 1.62. The highest BCUT2D eigenvalue weighted by molar-refractivity contribution is 5.89. The monoisotopic (exact) mass is 472 g/mol. The number of methoxy groups -OCH3 is 1. The minimum atomic E-state index is -0.650. The lowest BCUT2D eigenvalue weighted by atomic mass is 9.99. The molecule has 35 heavy (non-hydrogen) atoms. The molecule has 1 atom stereocenters. The average Bonchev–Trinajstić information content (AvgIpc) is 2.81. The molecule has 1 unspecified atom stereocenters. The van der Waals surface area contributed by atoms with Crippen molar-refractivity contribution >= 4 is 11.8 Å². The summed E-state index contributed by atoms with van der Waals surface area (Å²) in [5, 5.41) is 3.10. The van der Waals surface area contributed by atoms with Crippen LogP contribution in [0.25, 0.3) is 0 Å². The van der Waals surface area contributed by atoms with Crippen LogP contribution in [0.3, 0.4) is 0 Å². The van der Waals surface area contributed by atoms with Gasteiger partial charge in [-0.25, -0.2) is 0 Å². The van der Waals surface area contributed by atoms with E-state index in [1.54, 1.807) is 12.0 Å². The second kappa shape index (κ2) is 11.7. The number of rotatable bonds is 9. The van der Waals surface area contributed by atoms with Crippen molar-refractivity contribution in [3.63, 3.8) is 0 Å². The van der Waals surface area contributed by atoms with Crippen LogP contribution in [-0.4, -0.2) is 35.4 Å². The number of benzene rings is 3. The van der Waals surface area contributed by atoms with Crippen LogP contribution in [-0.2, 0) is 29.0 Å². The third-order valence-corrected chi connectivity index (χ3v) is 5.72. The average molecular weight is 473 g/mol. The van der Waals surface area contributed by atoms with Crippen molar-refractivity contribution in [3.05, 3.63) is 101 Å². The molecule has 0 aliphatic carbocycles. The van der Waals surface area contributed by atoms with Crippen molar-refractivity contribution in [2.45, 2.75) is 58.7 Å². The molecule has 1 N–H and O–H groups in total. The van der Waals surface area contributed by atoms with Gasteiger partial charge in [-0.1, -0.05) is 72.3 Å². The first-order valence-corrected chi connectivity index (χ1v) is 12.0. The van der Waals surface area contributed by atoms with E-state index in [9.17, 15) is 9.59 Å². The van der Waals surface area contributed by atoms with Crippen molar-refractivity contribution in [1.29, 1.82) is 0 Å². The Balaban J connectivity index is 1.97. The summed E-state index contributed by atoms with van der Waals surface area (Å²) >= 11 is 0. The Morgan fingerprint density at radius 3 is 2.14 bits per heavy atom. The normalized spacial score (nSPS) is 12.0. The van der Waals surface area contributed by atoms with Crippen molar-refractivity contribution in [2.24, 2.45) is 0 Å². The van der Waals surface area contributed by atoms with Gasteiger partial charge in [-0.05, 0) is 56.5 Å². The fraction of sp³-hybridized carbons (Fsp3) is 0.333. The molecule has 5 heteroatoms. The number of hydrogen-bond donors (Lipinski definition) is 1. The molecule has 3 aromatic rings. The number of amides is 2. The molecule has 184 valence electrons. The summed E-state index contributed by atoms with van der Waals surface area (Å²) in [6.45, 7) is 8.24. The molecular formula is C30H36N2O3. The Morgan fingerprint density at radius 1 is 0.886 bits per heavy atom. The highest BCUT2D eigenvalue weighted by Crippen LogP contribution is 2.19. The predicted molar refractivity (Wildman–Crippen MR) is 140 cm³/mol. The highest BCUT2D eigenvalue weighted by Gasteiger charge is 2.32. The second-order valence-corrected chi connectivity index (χ2v) is 9.98. The summed E-state index contributed by atoms with van der Waals surface area (Å²) < 4.78 is 5.25. The standard InChI is InChI=1S/C30H36N2O3/c1-22-10-9-13-25(18-22)21-32(28(33)20-24-14-16-26(35-5)17-15-24)27(29(34)31-30(2,3)4)19-23-11-7-6-8-12-23/h6-18,27H,19-21H2,1-5H3,(H,31,34). The van der Waals surface area contributed by atoms with Crippen LogP contribution < -0.4 is 10.1 Å². The van der Waals surface area contributed by atoms with Crippen LogP contribution in [0.4, 0.5) is 0 Å². The van der Waals surface area contributed by atoms with Crippen LogP contribution in [0, 0.1) is 6.92 Å². The highest BCUT2D eigenvalue weighted by atomic mass is 16.5. The fourth-order valence-corrected chi connectivity index (χ4v) is 4.03. The minimum Gasteiger partial charge on any atom is -0.497 e. The minimum absolute atomic E-state index is 0.0957. The number of carbonyl (C=O) groups is 2. The van der Waals surface area contributed by atoms with Gasteiger partial charge < -0.3 is 15.0 Å². The van der Waals surface area contributed by atoms with E-state index in [4.69, 9.17) is 4.74 Å². The van der Waals surface area contributed by atoms with Gasteiger partial charge in [0.2, 0.25) is 11.8 Å². The van der Waals surface area contributed by atoms with Gasteiger partial charge in [0.05, 0.1) is 13.5 Å². The van der Waals surface area contributed by atoms with Crippen LogP contribution in [0.2, 0.25) is 0 Å². The molecule has 0 radical (unpaired) electrons. The van der Waals surface area contributed by atoms with E-state index in [2.05, 4.69) is 11.4 Å². The lowest BCUT2D eigenvalue weighted by Crippen LogP contribution is -2.54. The van der Waals surface area contributed by atoms with Crippen molar-refractivity contribution < 1.29 is 14.3 Å². The summed E-state index contributed by atoms with van der Waals surface area (Å²) in [5.74, 6) is 0.489. The fourth-order valence-electron chi connectivity index (χ4n) is 4.03. The molecule has 0 aromatic heterocycles. The number of nitrogens with zero attached hydrogens (tertiary/aromatic N) is 1. The zero-order valence-corrected chi connectivity index (χ0v) is 21.4. The van der Waals surface area contributed by atoms with Gasteiger partial charge in [0.25, 0.3) is 0 Å². The maximum Gasteiger partial charge on any atom is 0.243 e. The topological polar surface area (TPSA) is 58.6 Å². The van der Waals surface area contributed by atoms with E-state index in [1.165, 1.54) is 0 Å². The summed E-state index contributed by atoms with van der Waals surface area (Å²) in [6, 6.07) is 24.8. The van der Waals surface area contributed by atoms with Crippen LogP contribution in [0.5, 0.6) is 5.75 Å². The molecule has 0 aliphatic rings. The number of hydrogen-bond acceptors (Lipinski definition) is 3. The van der Waals surface area contributed by atoms with Crippen molar-refractivity contribution in [1.82, 2.24) is 10.2 Å². The van der Waals surface area contributed by atoms with E-state index < -0.39 is 11.6 Å². The van der Waals surface area contributed by atoms with Gasteiger partial charge in [-0.15, -0.1) is 0 Å². The quantitative estimate of drug-likeness (QED) is 0.471. The maximum absolute atomic E-state index is 13.8. The van der Waals surface area contributed by atoms with E-state index >= 15 is 0 Å². The van der Waals surface area contributed by atoms with Crippen molar-refractivity contribution in [2.75, 3.05) is 7.11 Å². The Bertz CT molecular complexity index is 1120. The predicted octanol–water partition coefficient (Wildman–Crippen LogP) is 5.10. The Morgan fingerprint density at radius 2 is 1.54 bits per heavy atom. The van der Waals surface area contributed by atoms with E-state index in [1.807, 2.05) is 100 Å². The van der Waals surface area contributed by atoms with Gasteiger partial charge in [-0.2, -0.15) is 0 Å². The zero-order valence-electron chi connectivity index (χ0n) is 21.4. The van der Waals surface area contributed by atoms with Crippen LogP contribution in [0.1, 0.15) is 43.0 Å². The third-order valence-electron chi connectivity index (χ3n) is 5.72. The largest absolute Gasteiger partial charge is 0.497 e. The van der Waals surface area contributed by atoms with Crippen molar-refractivity contribution in [3.8, 4) is 5.75 Å². The molecule has 3 rings (SSSR count). The number of ether oxygens (including phenoxy) is 1. The number of aryl methyl sites for hydroxylation is 1. The molecule has 0 saturated heterocycles. The molecule has 0 fully saturated rings. The first-order chi connectivity index (χ1) is 16.6. The molecule has 0 bridgehead atoms. The van der Waals surface area contributed by atoms with Crippen LogP contribution >= 0.6 is 0 Å². The Labute approximate surface area is 209 Å². The molecule has 0 spiro atoms. The Hall–Kier alpha value is -3.60. The SMILES string of the molecule is COc1ccc(CC(=O)N(Cc2cccc(C)c2)C(Cc2ccccc2)C(=O)NC(C)(C)C)cc1. The molecule has 0 saturated carbocycles. The van der Waals surface area contributed by atoms with E-state index in [-0.39, 0.29) is 18.2 Å². The molecular weight excluding hydrogens is 436 g/mol. The molecule has 3 aromatic carbocycles. The number of nitrogens with one attached hydrogen (secondary N) is 1. The molecule has 5 nitrogen and oxygen atoms in total. The van der Waals surface area contributed by atoms with Gasteiger partial charge in [0, 0.05) is 18.5 Å². The molecule has 0 aliphatic heterocycles. The first-order valence-electron chi connectivity index (χ1n) is 12.0.